The molecule has 1 aromatic rings. The van der Waals surface area contributed by atoms with Crippen molar-refractivity contribution in [3.05, 3.63) is 24.3 Å². The Balaban J connectivity index is 2.48. The van der Waals surface area contributed by atoms with Gasteiger partial charge in [-0.1, -0.05) is 0 Å². The second-order valence-electron chi connectivity index (χ2n) is 3.39. The highest BCUT2D eigenvalue weighted by Crippen LogP contribution is 2.06. The summed E-state index contributed by atoms with van der Waals surface area (Å²) in [5.74, 6) is -0.635. The molecule has 5 nitrogen and oxygen atoms in total. The quantitative estimate of drug-likeness (QED) is 0.771. The lowest BCUT2D eigenvalue weighted by Crippen LogP contribution is -2.28. The lowest BCUT2D eigenvalue weighted by molar-refractivity contribution is 0.521. The minimum absolute atomic E-state index is 0.0378. The van der Waals surface area contributed by atoms with E-state index >= 15 is 0 Å². The third-order valence-corrected chi connectivity index (χ3v) is 3.80. The van der Waals surface area contributed by atoms with E-state index in [2.05, 4.69) is 10.3 Å². The van der Waals surface area contributed by atoms with Crippen molar-refractivity contribution in [1.82, 2.24) is 9.29 Å². The average Bonchev–Trinajstić information content (AvgIpc) is 2.17. The molecule has 0 atom stereocenters. The Labute approximate surface area is 94.3 Å². The first kappa shape index (κ1) is 12.9. The van der Waals surface area contributed by atoms with Gasteiger partial charge in [-0.2, -0.15) is 4.39 Å². The zero-order chi connectivity index (χ0) is 12.2. The fraction of sp³-hybridized carbons (Fsp3) is 0.444. The Morgan fingerprint density at radius 3 is 2.75 bits per heavy atom. The third kappa shape index (κ3) is 3.74. The van der Waals surface area contributed by atoms with Gasteiger partial charge in [-0.3, -0.25) is 0 Å². The van der Waals surface area contributed by atoms with Crippen molar-refractivity contribution in [2.75, 3.05) is 31.7 Å². The van der Waals surface area contributed by atoms with Gasteiger partial charge >= 0.3 is 0 Å². The molecule has 1 heterocycles. The Hall–Kier alpha value is -1.21. The van der Waals surface area contributed by atoms with E-state index in [1.807, 2.05) is 0 Å². The monoisotopic (exact) mass is 247 g/mol. The Kier molecular flexibility index (Phi) is 4.19. The van der Waals surface area contributed by atoms with Crippen molar-refractivity contribution in [2.24, 2.45) is 0 Å². The lowest BCUT2D eigenvalue weighted by atomic mass is 10.4. The molecule has 7 heteroatoms. The van der Waals surface area contributed by atoms with Gasteiger partial charge in [0.05, 0.1) is 5.75 Å². The molecule has 0 amide bonds. The van der Waals surface area contributed by atoms with Crippen LogP contribution >= 0.6 is 0 Å². The normalized spacial score (nSPS) is 11.8. The largest absolute Gasteiger partial charge is 0.384 e. The van der Waals surface area contributed by atoms with Crippen LogP contribution in [0.15, 0.2) is 18.3 Å². The summed E-state index contributed by atoms with van der Waals surface area (Å²) in [6, 6.07) is 2.79. The highest BCUT2D eigenvalue weighted by molar-refractivity contribution is 7.89. The van der Waals surface area contributed by atoms with Gasteiger partial charge in [0.25, 0.3) is 0 Å². The smallest absolute Gasteiger partial charge is 0.215 e. The second-order valence-corrected chi connectivity index (χ2v) is 5.69. The number of hydrogen-bond donors (Lipinski definition) is 1. The number of hydrogen-bond acceptors (Lipinski definition) is 4. The van der Waals surface area contributed by atoms with Crippen LogP contribution in [0.4, 0.5) is 10.1 Å². The van der Waals surface area contributed by atoms with E-state index < -0.39 is 16.0 Å². The number of halogens is 1. The predicted octanol–water partition coefficient (Wildman–Crippen LogP) is 0.524. The summed E-state index contributed by atoms with van der Waals surface area (Å²) in [5, 5.41) is 2.81. The topological polar surface area (TPSA) is 62.3 Å². The molecular weight excluding hydrogens is 233 g/mol. The van der Waals surface area contributed by atoms with E-state index in [9.17, 15) is 12.8 Å². The molecule has 0 saturated carbocycles. The van der Waals surface area contributed by atoms with Crippen LogP contribution in [-0.4, -0.2) is 44.1 Å². The summed E-state index contributed by atoms with van der Waals surface area (Å²) < 4.78 is 36.6. The fourth-order valence-electron chi connectivity index (χ4n) is 1.02. The molecule has 0 aliphatic heterocycles. The number of rotatable bonds is 5. The van der Waals surface area contributed by atoms with E-state index in [0.717, 1.165) is 4.31 Å². The minimum Gasteiger partial charge on any atom is -0.384 e. The molecule has 0 saturated heterocycles. The Bertz CT molecular complexity index is 448. The Morgan fingerprint density at radius 2 is 2.19 bits per heavy atom. The van der Waals surface area contributed by atoms with Crippen molar-refractivity contribution in [3.8, 4) is 0 Å². The standard InChI is InChI=1S/C9H14FN3O2S/c1-13(2)16(14,15)6-5-11-8-3-4-12-9(10)7-8/h3-4,7H,5-6H2,1-2H3,(H,11,12). The molecule has 0 aromatic carbocycles. The van der Waals surface area contributed by atoms with Crippen LogP contribution in [0.2, 0.25) is 0 Å². The lowest BCUT2D eigenvalue weighted by Gasteiger charge is -2.11. The Morgan fingerprint density at radius 1 is 1.50 bits per heavy atom. The maximum Gasteiger partial charge on any atom is 0.215 e. The van der Waals surface area contributed by atoms with Crippen LogP contribution in [0.25, 0.3) is 0 Å². The molecule has 0 aliphatic rings. The summed E-state index contributed by atoms with van der Waals surface area (Å²) in [5.41, 5.74) is 0.515. The molecular formula is C9H14FN3O2S. The van der Waals surface area contributed by atoms with Crippen molar-refractivity contribution >= 4 is 15.7 Å². The summed E-state index contributed by atoms with van der Waals surface area (Å²) in [7, 11) is -0.270. The third-order valence-electron chi connectivity index (χ3n) is 1.97. The summed E-state index contributed by atoms with van der Waals surface area (Å²) >= 11 is 0. The summed E-state index contributed by atoms with van der Waals surface area (Å²) in [6.07, 6.45) is 1.32. The first-order valence-electron chi connectivity index (χ1n) is 4.67. The van der Waals surface area contributed by atoms with Gasteiger partial charge in [0.2, 0.25) is 16.0 Å². The van der Waals surface area contributed by atoms with Gasteiger partial charge in [-0.05, 0) is 6.07 Å². The van der Waals surface area contributed by atoms with Crippen LogP contribution in [0.5, 0.6) is 0 Å². The van der Waals surface area contributed by atoms with Gasteiger partial charge in [0.1, 0.15) is 0 Å². The van der Waals surface area contributed by atoms with Crippen molar-refractivity contribution in [1.29, 1.82) is 0 Å². The van der Waals surface area contributed by atoms with Crippen LogP contribution in [0.3, 0.4) is 0 Å². The molecule has 1 N–H and O–H groups in total. The average molecular weight is 247 g/mol. The molecule has 0 radical (unpaired) electrons. The molecule has 1 rings (SSSR count). The molecule has 0 aliphatic carbocycles. The van der Waals surface area contributed by atoms with Gasteiger partial charge in [0.15, 0.2) is 0 Å². The van der Waals surface area contributed by atoms with E-state index in [4.69, 9.17) is 0 Å². The zero-order valence-electron chi connectivity index (χ0n) is 9.14. The van der Waals surface area contributed by atoms with Crippen LogP contribution < -0.4 is 5.32 Å². The van der Waals surface area contributed by atoms with E-state index in [1.165, 1.54) is 26.4 Å². The van der Waals surface area contributed by atoms with E-state index in [0.29, 0.717) is 5.69 Å². The number of anilines is 1. The fourth-order valence-corrected chi connectivity index (χ4v) is 1.74. The molecule has 0 bridgehead atoms. The first-order chi connectivity index (χ1) is 7.42. The first-order valence-corrected chi connectivity index (χ1v) is 6.28. The minimum atomic E-state index is -3.22. The van der Waals surface area contributed by atoms with Crippen LogP contribution in [0.1, 0.15) is 0 Å². The summed E-state index contributed by atoms with van der Waals surface area (Å²) in [6.45, 7) is 0.226. The molecule has 90 valence electrons. The molecule has 16 heavy (non-hydrogen) atoms. The van der Waals surface area contributed by atoms with Gasteiger partial charge < -0.3 is 5.32 Å². The maximum absolute atomic E-state index is 12.7. The van der Waals surface area contributed by atoms with E-state index in [-0.39, 0.29) is 12.3 Å². The van der Waals surface area contributed by atoms with Crippen LogP contribution in [-0.2, 0) is 10.0 Å². The van der Waals surface area contributed by atoms with Gasteiger partial charge in [-0.25, -0.2) is 17.7 Å². The zero-order valence-corrected chi connectivity index (χ0v) is 9.96. The number of aromatic nitrogens is 1. The van der Waals surface area contributed by atoms with Crippen molar-refractivity contribution in [2.45, 2.75) is 0 Å². The highest BCUT2D eigenvalue weighted by atomic mass is 32.2. The number of nitrogens with zero attached hydrogens (tertiary/aromatic N) is 2. The SMILES string of the molecule is CN(C)S(=O)(=O)CCNc1ccnc(F)c1. The molecule has 0 fully saturated rings. The van der Waals surface area contributed by atoms with Gasteiger partial charge in [0, 0.05) is 38.6 Å². The number of nitrogens with one attached hydrogen (secondary N) is 1. The molecule has 0 spiro atoms. The highest BCUT2D eigenvalue weighted by Gasteiger charge is 2.12. The second kappa shape index (κ2) is 5.22. The maximum atomic E-state index is 12.7. The molecule has 0 unspecified atom stereocenters. The van der Waals surface area contributed by atoms with Crippen LogP contribution in [0, 0.1) is 5.95 Å². The number of sulfonamides is 1. The summed E-state index contributed by atoms with van der Waals surface area (Å²) in [4.78, 5) is 3.39. The van der Waals surface area contributed by atoms with E-state index in [1.54, 1.807) is 6.07 Å². The van der Waals surface area contributed by atoms with Crippen molar-refractivity contribution < 1.29 is 12.8 Å². The van der Waals surface area contributed by atoms with Crippen molar-refractivity contribution in [3.63, 3.8) is 0 Å². The molecule has 1 aromatic heterocycles. The number of pyridine rings is 1. The van der Waals surface area contributed by atoms with Gasteiger partial charge in [-0.15, -0.1) is 0 Å². The predicted molar refractivity (Wildman–Crippen MR) is 60.2 cm³/mol.